The van der Waals surface area contributed by atoms with Gasteiger partial charge in [-0.1, -0.05) is 58.8 Å². The molecule has 37 heavy (non-hydrogen) atoms. The van der Waals surface area contributed by atoms with Crippen LogP contribution in [0.15, 0.2) is 22.8 Å². The largest absolute Gasteiger partial charge is 0.478 e. The topological polar surface area (TPSA) is 83.8 Å². The smallest absolute Gasteiger partial charge is 0.330 e. The quantitative estimate of drug-likeness (QED) is 0.225. The fraction of sp³-hybridized carbons (Fsp3) is 0.812. The number of aliphatic hydroxyl groups is 1. The minimum Gasteiger partial charge on any atom is -0.478 e. The molecule has 4 rings (SSSR count). The first-order chi connectivity index (χ1) is 17.1. The van der Waals surface area contributed by atoms with Gasteiger partial charge in [0.2, 0.25) is 0 Å². The lowest BCUT2D eigenvalue weighted by molar-refractivity contribution is -0.151. The molecule has 4 aliphatic rings. The van der Waals surface area contributed by atoms with Gasteiger partial charge in [0.1, 0.15) is 6.10 Å². The molecule has 0 spiro atoms. The van der Waals surface area contributed by atoms with Crippen molar-refractivity contribution in [3.8, 4) is 0 Å². The Labute approximate surface area is 224 Å². The second kappa shape index (κ2) is 9.54. The summed E-state index contributed by atoms with van der Waals surface area (Å²) in [7, 11) is 0. The summed E-state index contributed by atoms with van der Waals surface area (Å²) in [6.07, 6.45) is 10.4. The Morgan fingerprint density at radius 1 is 1.00 bits per heavy atom. The van der Waals surface area contributed by atoms with Gasteiger partial charge in [-0.05, 0) is 97.7 Å². The predicted octanol–water partition coefficient (Wildman–Crippen LogP) is 7.09. The van der Waals surface area contributed by atoms with Crippen LogP contribution in [0, 0.1) is 39.4 Å². The number of aliphatic hydroxyl groups excluding tert-OH is 1. The minimum atomic E-state index is -0.927. The van der Waals surface area contributed by atoms with Crippen molar-refractivity contribution < 1.29 is 24.5 Å². The van der Waals surface area contributed by atoms with Crippen LogP contribution in [0.25, 0.3) is 0 Å². The van der Waals surface area contributed by atoms with Crippen LogP contribution >= 0.6 is 0 Å². The molecule has 0 aromatic heterocycles. The molecule has 2 N–H and O–H groups in total. The first kappa shape index (κ1) is 28.4. The number of carboxylic acid groups (broad SMARTS) is 1. The Morgan fingerprint density at radius 2 is 1.68 bits per heavy atom. The monoisotopic (exact) mass is 514 g/mol. The van der Waals surface area contributed by atoms with Gasteiger partial charge in [0.05, 0.1) is 6.10 Å². The molecule has 0 aliphatic heterocycles. The van der Waals surface area contributed by atoms with Crippen LogP contribution in [0.1, 0.15) is 113 Å². The number of ether oxygens (including phenoxy) is 1. The summed E-state index contributed by atoms with van der Waals surface area (Å²) in [5, 5.41) is 20.2. The number of allylic oxidation sites excluding steroid dienone is 2. The molecule has 0 amide bonds. The van der Waals surface area contributed by atoms with Crippen molar-refractivity contribution in [2.75, 3.05) is 0 Å². The van der Waals surface area contributed by atoms with Gasteiger partial charge >= 0.3 is 11.9 Å². The van der Waals surface area contributed by atoms with E-state index in [4.69, 9.17) is 4.74 Å². The number of aliphatic carboxylic acids is 1. The molecular weight excluding hydrogens is 464 g/mol. The molecule has 4 aliphatic carbocycles. The molecule has 8 atom stereocenters. The molecule has 2 fully saturated rings. The molecule has 0 aromatic carbocycles. The normalized spacial score (nSPS) is 40.8. The van der Waals surface area contributed by atoms with Gasteiger partial charge in [0, 0.05) is 18.9 Å². The van der Waals surface area contributed by atoms with Gasteiger partial charge in [-0.2, -0.15) is 0 Å². The molecule has 2 saturated carbocycles. The summed E-state index contributed by atoms with van der Waals surface area (Å²) in [4.78, 5) is 23.4. The molecule has 0 bridgehead atoms. The maximum absolute atomic E-state index is 12.0. The number of hydrogen-bond donors (Lipinski definition) is 2. The summed E-state index contributed by atoms with van der Waals surface area (Å²) < 4.78 is 5.83. The van der Waals surface area contributed by atoms with Crippen molar-refractivity contribution in [3.63, 3.8) is 0 Å². The van der Waals surface area contributed by atoms with Crippen molar-refractivity contribution in [3.05, 3.63) is 22.8 Å². The highest BCUT2D eigenvalue weighted by Gasteiger charge is 2.63. The Balaban J connectivity index is 1.66. The van der Waals surface area contributed by atoms with Gasteiger partial charge in [-0.3, -0.25) is 4.79 Å². The van der Waals surface area contributed by atoms with Gasteiger partial charge < -0.3 is 14.9 Å². The Morgan fingerprint density at radius 3 is 2.30 bits per heavy atom. The maximum atomic E-state index is 12.0. The summed E-state index contributed by atoms with van der Waals surface area (Å²) >= 11 is 0. The number of esters is 1. The summed E-state index contributed by atoms with van der Waals surface area (Å²) in [5.41, 5.74) is 4.05. The minimum absolute atomic E-state index is 0.0568. The van der Waals surface area contributed by atoms with E-state index in [0.717, 1.165) is 51.4 Å². The number of carbonyl (C=O) groups is 2. The summed E-state index contributed by atoms with van der Waals surface area (Å²) in [6, 6.07) is 0. The van der Waals surface area contributed by atoms with Crippen LogP contribution in [0.2, 0.25) is 0 Å². The van der Waals surface area contributed by atoms with E-state index in [0.29, 0.717) is 23.8 Å². The van der Waals surface area contributed by atoms with Crippen LogP contribution in [-0.2, 0) is 14.3 Å². The van der Waals surface area contributed by atoms with Gasteiger partial charge in [0.25, 0.3) is 0 Å². The number of fused-ring (bicyclic) bond motifs is 4. The lowest BCUT2D eigenvalue weighted by Crippen LogP contribution is -2.55. The molecular formula is C32H50O5. The second-order valence-electron chi connectivity index (χ2n) is 14.2. The average molecular weight is 515 g/mol. The molecule has 0 heterocycles. The Bertz CT molecular complexity index is 1010. The van der Waals surface area contributed by atoms with Crippen LogP contribution in [0.5, 0.6) is 0 Å². The van der Waals surface area contributed by atoms with Gasteiger partial charge in [0.15, 0.2) is 0 Å². The fourth-order valence-electron chi connectivity index (χ4n) is 9.78. The number of rotatable bonds is 6. The standard InChI is InChI=1S/C32H50O5/c1-19(28(35)36)9-11-25(37-21(3)33)20(2)22-13-17-32(8)24-10-12-26-29(4,5)27(34)15-16-30(26,6)23(24)14-18-31(22,32)7/h9,20,22,25-27,34H,10-18H2,1-8H3,(H,35,36)/b19-9+/t20-,22+,25+,26?,27+,30+,31+,32-/m0/s1. The number of carbonyl (C=O) groups excluding carboxylic acids is 1. The molecule has 0 aromatic rings. The molecule has 5 nitrogen and oxygen atoms in total. The molecule has 1 unspecified atom stereocenters. The lowest BCUT2D eigenvalue weighted by atomic mass is 9.43. The first-order valence-electron chi connectivity index (χ1n) is 14.6. The summed E-state index contributed by atoms with van der Waals surface area (Å²) in [6.45, 7) is 17.3. The predicted molar refractivity (Wildman–Crippen MR) is 146 cm³/mol. The lowest BCUT2D eigenvalue weighted by Gasteiger charge is -2.62. The Kier molecular flexibility index (Phi) is 7.32. The van der Waals surface area contributed by atoms with E-state index in [1.807, 2.05) is 0 Å². The fourth-order valence-corrected chi connectivity index (χ4v) is 9.78. The van der Waals surface area contributed by atoms with Crippen molar-refractivity contribution >= 4 is 11.9 Å². The van der Waals surface area contributed by atoms with E-state index < -0.39 is 5.97 Å². The third-order valence-electron chi connectivity index (χ3n) is 12.3. The summed E-state index contributed by atoms with van der Waals surface area (Å²) in [5.74, 6) is -0.157. The van der Waals surface area contributed by atoms with E-state index in [-0.39, 0.29) is 45.8 Å². The van der Waals surface area contributed by atoms with Crippen LogP contribution in [-0.4, -0.2) is 34.4 Å². The second-order valence-corrected chi connectivity index (χ2v) is 14.2. The van der Waals surface area contributed by atoms with Crippen LogP contribution in [0.4, 0.5) is 0 Å². The van der Waals surface area contributed by atoms with Crippen molar-refractivity contribution in [2.24, 2.45) is 39.4 Å². The Hall–Kier alpha value is -1.62. The van der Waals surface area contributed by atoms with Crippen LogP contribution < -0.4 is 0 Å². The van der Waals surface area contributed by atoms with E-state index in [1.54, 1.807) is 24.1 Å². The molecule has 0 radical (unpaired) electrons. The van der Waals surface area contributed by atoms with Crippen molar-refractivity contribution in [1.82, 2.24) is 0 Å². The van der Waals surface area contributed by atoms with E-state index in [9.17, 15) is 19.8 Å². The van der Waals surface area contributed by atoms with E-state index >= 15 is 0 Å². The van der Waals surface area contributed by atoms with E-state index in [1.165, 1.54) is 6.92 Å². The van der Waals surface area contributed by atoms with E-state index in [2.05, 4.69) is 41.5 Å². The highest BCUT2D eigenvalue weighted by molar-refractivity contribution is 5.85. The average Bonchev–Trinajstić information content (AvgIpc) is 3.09. The van der Waals surface area contributed by atoms with Crippen molar-refractivity contribution in [2.45, 2.75) is 125 Å². The first-order valence-corrected chi connectivity index (χ1v) is 14.6. The highest BCUT2D eigenvalue weighted by atomic mass is 16.5. The van der Waals surface area contributed by atoms with Crippen molar-refractivity contribution in [1.29, 1.82) is 0 Å². The number of carboxylic acids is 1. The third kappa shape index (κ3) is 4.32. The molecule has 0 saturated heterocycles. The highest BCUT2D eigenvalue weighted by Crippen LogP contribution is 2.72. The SMILES string of the molecule is CC(=O)O[C@H](C/C=C(\C)C(=O)O)[C@@H](C)[C@H]1CC[C@@]2(C)C3=C(CC[C@]12C)[C@@]1(C)CC[C@@H](O)C(C)(C)C1CC3. The van der Waals surface area contributed by atoms with Crippen LogP contribution in [0.3, 0.4) is 0 Å². The zero-order chi connectivity index (χ0) is 27.6. The van der Waals surface area contributed by atoms with Gasteiger partial charge in [-0.15, -0.1) is 0 Å². The third-order valence-corrected chi connectivity index (χ3v) is 12.3. The molecule has 5 heteroatoms. The zero-order valence-electron chi connectivity index (χ0n) is 24.4. The maximum Gasteiger partial charge on any atom is 0.330 e. The zero-order valence-corrected chi connectivity index (χ0v) is 24.4. The molecule has 208 valence electrons. The number of hydrogen-bond acceptors (Lipinski definition) is 4. The van der Waals surface area contributed by atoms with Gasteiger partial charge in [-0.25, -0.2) is 4.79 Å².